The third-order valence-corrected chi connectivity index (χ3v) is 9.66. The molecule has 6 aromatic rings. The van der Waals surface area contributed by atoms with Crippen molar-refractivity contribution < 1.29 is 19.0 Å². The van der Waals surface area contributed by atoms with Crippen molar-refractivity contribution in [2.75, 3.05) is 20.8 Å². The van der Waals surface area contributed by atoms with Gasteiger partial charge in [-0.05, 0) is 48.4 Å². The molecule has 0 spiro atoms. The number of ether oxygens (including phenoxy) is 3. The van der Waals surface area contributed by atoms with E-state index in [0.717, 1.165) is 27.6 Å². The number of aromatic nitrogens is 2. The minimum absolute atomic E-state index is 0.149. The SMILES string of the molecule is CCOC(=O)C1=C(c2ccccc2)N=c2s/c(=C/c3cn(Cc4ccccc4C#N)c4ccccc34)c(=O)n2[C@H]1c1ccc(OC)c(OC)c1. The van der Waals surface area contributed by atoms with Crippen LogP contribution in [-0.4, -0.2) is 35.9 Å². The number of benzene rings is 4. The van der Waals surface area contributed by atoms with E-state index >= 15 is 0 Å². The average molecular weight is 681 g/mol. The Balaban J connectivity index is 1.46. The summed E-state index contributed by atoms with van der Waals surface area (Å²) in [6, 6.07) is 31.7. The predicted molar refractivity (Wildman–Crippen MR) is 193 cm³/mol. The number of hydrogen-bond donors (Lipinski definition) is 0. The highest BCUT2D eigenvalue weighted by atomic mass is 32.1. The van der Waals surface area contributed by atoms with Crippen molar-refractivity contribution >= 4 is 40.0 Å². The Labute approximate surface area is 291 Å². The lowest BCUT2D eigenvalue weighted by atomic mass is 9.93. The standard InChI is InChI=1S/C40H32N4O5S/c1-4-49-39(46)35-36(25-12-6-5-7-13-25)42-40-44(37(35)26-18-19-32(47-2)33(20-26)48-3)38(45)34(50-40)21-29-24-43(31-17-11-10-16-30(29)31)23-28-15-9-8-14-27(28)22-41/h5-21,24,37H,4,23H2,1-3H3/b34-21+/t37-/m0/s1. The van der Waals surface area contributed by atoms with Gasteiger partial charge < -0.3 is 18.8 Å². The van der Waals surface area contributed by atoms with Crippen molar-refractivity contribution in [3.05, 3.63) is 156 Å². The van der Waals surface area contributed by atoms with Gasteiger partial charge in [0.15, 0.2) is 16.3 Å². The molecule has 0 bridgehead atoms. The molecule has 0 aliphatic carbocycles. The van der Waals surface area contributed by atoms with Crippen molar-refractivity contribution in [1.29, 1.82) is 5.26 Å². The van der Waals surface area contributed by atoms with Gasteiger partial charge in [0, 0.05) is 34.8 Å². The average Bonchev–Trinajstić information content (AvgIpc) is 3.66. The summed E-state index contributed by atoms with van der Waals surface area (Å²) in [6.07, 6.45) is 3.88. The Bertz CT molecular complexity index is 2520. The number of carbonyl (C=O) groups is 1. The van der Waals surface area contributed by atoms with E-state index in [9.17, 15) is 14.9 Å². The number of methoxy groups -OCH3 is 2. The Hall–Kier alpha value is -6.18. The molecule has 0 fully saturated rings. The molecular formula is C40H32N4O5S. The second kappa shape index (κ2) is 13.7. The molecule has 10 heteroatoms. The van der Waals surface area contributed by atoms with Crippen molar-refractivity contribution in [2.24, 2.45) is 4.99 Å². The molecule has 1 aliphatic rings. The molecule has 0 saturated carbocycles. The lowest BCUT2D eigenvalue weighted by Crippen LogP contribution is -2.40. The Morgan fingerprint density at radius 2 is 1.70 bits per heavy atom. The topological polar surface area (TPSA) is 108 Å². The maximum Gasteiger partial charge on any atom is 0.338 e. The van der Waals surface area contributed by atoms with Crippen LogP contribution in [-0.2, 0) is 16.1 Å². The first-order valence-corrected chi connectivity index (χ1v) is 16.8. The first-order valence-electron chi connectivity index (χ1n) is 16.0. The summed E-state index contributed by atoms with van der Waals surface area (Å²) in [6.45, 7) is 2.38. The fourth-order valence-electron chi connectivity index (χ4n) is 6.39. The van der Waals surface area contributed by atoms with Gasteiger partial charge in [-0.1, -0.05) is 84.1 Å². The summed E-state index contributed by atoms with van der Waals surface area (Å²) in [7, 11) is 3.09. The molecule has 0 N–H and O–H groups in total. The van der Waals surface area contributed by atoms with E-state index in [4.69, 9.17) is 19.2 Å². The predicted octanol–water partition coefficient (Wildman–Crippen LogP) is 5.83. The minimum Gasteiger partial charge on any atom is -0.493 e. The Kier molecular flexibility index (Phi) is 8.90. The molecule has 1 aliphatic heterocycles. The number of para-hydroxylation sites is 1. The van der Waals surface area contributed by atoms with Gasteiger partial charge in [0.2, 0.25) is 0 Å². The second-order valence-corrected chi connectivity index (χ2v) is 12.6. The van der Waals surface area contributed by atoms with Gasteiger partial charge in [-0.15, -0.1) is 0 Å². The normalized spacial score (nSPS) is 14.2. The van der Waals surface area contributed by atoms with E-state index in [1.54, 1.807) is 37.8 Å². The summed E-state index contributed by atoms with van der Waals surface area (Å²) < 4.78 is 20.8. The van der Waals surface area contributed by atoms with Gasteiger partial charge in [-0.25, -0.2) is 9.79 Å². The number of nitriles is 1. The van der Waals surface area contributed by atoms with E-state index in [1.165, 1.54) is 11.3 Å². The summed E-state index contributed by atoms with van der Waals surface area (Å²) in [5, 5.41) is 10.7. The van der Waals surface area contributed by atoms with Crippen molar-refractivity contribution in [2.45, 2.75) is 19.5 Å². The summed E-state index contributed by atoms with van der Waals surface area (Å²) >= 11 is 1.26. The Morgan fingerprint density at radius 1 is 0.960 bits per heavy atom. The van der Waals surface area contributed by atoms with Crippen molar-refractivity contribution in [3.63, 3.8) is 0 Å². The zero-order chi connectivity index (χ0) is 34.8. The molecule has 9 nitrogen and oxygen atoms in total. The van der Waals surface area contributed by atoms with Crippen LogP contribution in [0.15, 0.2) is 119 Å². The van der Waals surface area contributed by atoms with Crippen LogP contribution < -0.4 is 24.4 Å². The monoisotopic (exact) mass is 680 g/mol. The van der Waals surface area contributed by atoms with E-state index in [-0.39, 0.29) is 17.7 Å². The summed E-state index contributed by atoms with van der Waals surface area (Å²) in [5.41, 5.74) is 5.07. The summed E-state index contributed by atoms with van der Waals surface area (Å²) in [4.78, 5) is 33.9. The quantitative estimate of drug-likeness (QED) is 0.178. The maximum absolute atomic E-state index is 14.6. The van der Waals surface area contributed by atoms with Crippen LogP contribution in [0, 0.1) is 11.3 Å². The van der Waals surface area contributed by atoms with Gasteiger partial charge >= 0.3 is 5.97 Å². The first kappa shape index (κ1) is 32.4. The smallest absolute Gasteiger partial charge is 0.338 e. The molecule has 50 heavy (non-hydrogen) atoms. The molecule has 0 amide bonds. The largest absolute Gasteiger partial charge is 0.493 e. The molecule has 3 heterocycles. The van der Waals surface area contributed by atoms with Crippen LogP contribution in [0.3, 0.4) is 0 Å². The van der Waals surface area contributed by atoms with E-state index in [2.05, 4.69) is 10.6 Å². The lowest BCUT2D eigenvalue weighted by Gasteiger charge is -2.26. The van der Waals surface area contributed by atoms with Crippen LogP contribution in [0.25, 0.3) is 22.7 Å². The number of carbonyl (C=O) groups excluding carboxylic acids is 1. The highest BCUT2D eigenvalue weighted by Crippen LogP contribution is 2.38. The van der Waals surface area contributed by atoms with E-state index < -0.39 is 12.0 Å². The fourth-order valence-corrected chi connectivity index (χ4v) is 7.38. The zero-order valence-corrected chi connectivity index (χ0v) is 28.4. The van der Waals surface area contributed by atoms with Crippen LogP contribution in [0.4, 0.5) is 0 Å². The molecule has 2 aromatic heterocycles. The maximum atomic E-state index is 14.6. The number of rotatable bonds is 9. The minimum atomic E-state index is -0.869. The Morgan fingerprint density at radius 3 is 2.46 bits per heavy atom. The van der Waals surface area contributed by atoms with Gasteiger partial charge in [0.25, 0.3) is 5.56 Å². The molecule has 7 rings (SSSR count). The van der Waals surface area contributed by atoms with Crippen LogP contribution >= 0.6 is 11.3 Å². The molecule has 0 unspecified atom stereocenters. The van der Waals surface area contributed by atoms with Gasteiger partial charge in [-0.2, -0.15) is 5.26 Å². The summed E-state index contributed by atoms with van der Waals surface area (Å²) in [5.74, 6) is 0.409. The fraction of sp³-hybridized carbons (Fsp3) is 0.150. The molecule has 4 aromatic carbocycles. The highest BCUT2D eigenvalue weighted by Gasteiger charge is 2.35. The van der Waals surface area contributed by atoms with E-state index in [1.807, 2.05) is 97.2 Å². The van der Waals surface area contributed by atoms with Crippen molar-refractivity contribution in [3.8, 4) is 17.6 Å². The number of fused-ring (bicyclic) bond motifs is 2. The molecular weight excluding hydrogens is 649 g/mol. The van der Waals surface area contributed by atoms with Gasteiger partial charge in [-0.3, -0.25) is 9.36 Å². The third-order valence-electron chi connectivity index (χ3n) is 8.68. The molecule has 248 valence electrons. The van der Waals surface area contributed by atoms with Gasteiger partial charge in [0.05, 0.1) is 54.3 Å². The van der Waals surface area contributed by atoms with Crippen molar-refractivity contribution in [1.82, 2.24) is 9.13 Å². The number of hydrogen-bond acceptors (Lipinski definition) is 8. The molecule has 1 atom stereocenters. The van der Waals surface area contributed by atoms with Crippen LogP contribution in [0.5, 0.6) is 11.5 Å². The first-order chi connectivity index (χ1) is 24.4. The second-order valence-electron chi connectivity index (χ2n) is 11.5. The number of esters is 1. The van der Waals surface area contributed by atoms with E-state index in [0.29, 0.717) is 44.2 Å². The van der Waals surface area contributed by atoms with Crippen LogP contribution in [0.2, 0.25) is 0 Å². The number of thiazole rings is 1. The van der Waals surface area contributed by atoms with Crippen LogP contribution in [0.1, 0.15) is 40.8 Å². The molecule has 0 saturated heterocycles. The van der Waals surface area contributed by atoms with Gasteiger partial charge in [0.1, 0.15) is 0 Å². The lowest BCUT2D eigenvalue weighted by molar-refractivity contribution is -0.138. The zero-order valence-electron chi connectivity index (χ0n) is 27.6. The third kappa shape index (κ3) is 5.78. The highest BCUT2D eigenvalue weighted by molar-refractivity contribution is 7.07. The number of nitrogens with zero attached hydrogens (tertiary/aromatic N) is 4. The molecule has 0 radical (unpaired) electrons.